The summed E-state index contributed by atoms with van der Waals surface area (Å²) in [6, 6.07) is 8.69. The van der Waals surface area contributed by atoms with E-state index in [1.807, 2.05) is 0 Å². The Morgan fingerprint density at radius 1 is 1.18 bits per heavy atom. The lowest BCUT2D eigenvalue weighted by Crippen LogP contribution is -2.54. The van der Waals surface area contributed by atoms with Gasteiger partial charge in [0.15, 0.2) is 16.6 Å². The quantitative estimate of drug-likeness (QED) is 0.467. The van der Waals surface area contributed by atoms with Crippen LogP contribution in [0.25, 0.3) is 6.08 Å². The van der Waals surface area contributed by atoms with Gasteiger partial charge in [0.2, 0.25) is 0 Å². The molecule has 0 saturated carbocycles. The maximum Gasteiger partial charge on any atom is 0.270 e. The summed E-state index contributed by atoms with van der Waals surface area (Å²) >= 11 is 11.2. The topological polar surface area (TPSA) is 67.9 Å². The fourth-order valence-corrected chi connectivity index (χ4v) is 3.27. The molecule has 0 unspecified atom stereocenters. The molecule has 2 amide bonds. The fraction of sp³-hybridized carbons (Fsp3) is 0.105. The van der Waals surface area contributed by atoms with E-state index in [1.54, 1.807) is 12.1 Å². The summed E-state index contributed by atoms with van der Waals surface area (Å²) in [5, 5.41) is 2.42. The zero-order valence-corrected chi connectivity index (χ0v) is 16.4. The third-order valence-corrected chi connectivity index (χ3v) is 4.53. The van der Waals surface area contributed by atoms with E-state index in [9.17, 15) is 14.0 Å². The molecule has 0 aromatic heterocycles. The van der Waals surface area contributed by atoms with Crippen LogP contribution >= 0.6 is 23.8 Å². The molecule has 3 rings (SSSR count). The molecule has 1 heterocycles. The van der Waals surface area contributed by atoms with Crippen LogP contribution in [0.4, 0.5) is 10.1 Å². The van der Waals surface area contributed by atoms with E-state index in [-0.39, 0.29) is 21.4 Å². The van der Waals surface area contributed by atoms with Crippen LogP contribution in [0.2, 0.25) is 5.02 Å². The van der Waals surface area contributed by atoms with Gasteiger partial charge in [0.1, 0.15) is 11.4 Å². The van der Waals surface area contributed by atoms with Crippen LogP contribution in [0, 0.1) is 5.82 Å². The molecule has 2 aromatic carbocycles. The van der Waals surface area contributed by atoms with Crippen LogP contribution in [0.1, 0.15) is 5.56 Å². The predicted octanol–water partition coefficient (Wildman–Crippen LogP) is 3.33. The van der Waals surface area contributed by atoms with Gasteiger partial charge in [-0.1, -0.05) is 23.7 Å². The van der Waals surface area contributed by atoms with Crippen LogP contribution < -0.4 is 19.7 Å². The molecule has 1 aliphatic heterocycles. The smallest absolute Gasteiger partial charge is 0.270 e. The summed E-state index contributed by atoms with van der Waals surface area (Å²) in [5.74, 6) is -1.46. The second kappa shape index (κ2) is 7.95. The molecule has 2 aromatic rings. The summed E-state index contributed by atoms with van der Waals surface area (Å²) in [4.78, 5) is 26.2. The number of halogens is 2. The Balaban J connectivity index is 2.07. The molecule has 1 saturated heterocycles. The van der Waals surface area contributed by atoms with Gasteiger partial charge in [-0.05, 0) is 48.1 Å². The molecular weight excluding hydrogens is 407 g/mol. The molecule has 28 heavy (non-hydrogen) atoms. The van der Waals surface area contributed by atoms with Crippen molar-refractivity contribution in [2.24, 2.45) is 0 Å². The molecule has 144 valence electrons. The maximum absolute atomic E-state index is 14.2. The number of amides is 2. The van der Waals surface area contributed by atoms with E-state index in [2.05, 4.69) is 5.32 Å². The normalized spacial score (nSPS) is 15.6. The number of hydrogen-bond acceptors (Lipinski definition) is 5. The molecule has 1 fully saturated rings. The number of thiocarbonyl (C=S) groups is 1. The van der Waals surface area contributed by atoms with Crippen LogP contribution in [0.5, 0.6) is 11.5 Å². The first-order chi connectivity index (χ1) is 13.4. The Hall–Kier alpha value is -2.97. The van der Waals surface area contributed by atoms with E-state index in [0.717, 1.165) is 4.90 Å². The third-order valence-electron chi connectivity index (χ3n) is 3.96. The van der Waals surface area contributed by atoms with E-state index >= 15 is 0 Å². The van der Waals surface area contributed by atoms with Crippen molar-refractivity contribution in [3.8, 4) is 11.5 Å². The van der Waals surface area contributed by atoms with Gasteiger partial charge in [0.25, 0.3) is 11.8 Å². The SMILES string of the molecule is COc1cc(/C=C2\C(=O)NC(=S)N(c3ccccc3F)C2=O)cc(Cl)c1OC. The summed E-state index contributed by atoms with van der Waals surface area (Å²) in [5.41, 5.74) is 0.122. The van der Waals surface area contributed by atoms with Crippen molar-refractivity contribution in [3.05, 3.63) is 58.4 Å². The number of carbonyl (C=O) groups is 2. The fourth-order valence-electron chi connectivity index (χ4n) is 2.70. The first-order valence-corrected chi connectivity index (χ1v) is 8.73. The van der Waals surface area contributed by atoms with Crippen molar-refractivity contribution in [1.29, 1.82) is 0 Å². The Bertz CT molecular complexity index is 1020. The zero-order valence-electron chi connectivity index (χ0n) is 14.8. The highest BCUT2D eigenvalue weighted by Gasteiger charge is 2.35. The number of nitrogens with zero attached hydrogens (tertiary/aromatic N) is 1. The number of nitrogens with one attached hydrogen (secondary N) is 1. The number of rotatable bonds is 4. The third kappa shape index (κ3) is 3.56. The average molecular weight is 421 g/mol. The van der Waals surface area contributed by atoms with Gasteiger partial charge in [0, 0.05) is 0 Å². The Morgan fingerprint density at radius 2 is 1.89 bits per heavy atom. The first-order valence-electron chi connectivity index (χ1n) is 7.95. The van der Waals surface area contributed by atoms with Gasteiger partial charge in [-0.2, -0.15) is 0 Å². The lowest BCUT2D eigenvalue weighted by molar-refractivity contribution is -0.122. The summed E-state index contributed by atoms with van der Waals surface area (Å²) < 4.78 is 24.6. The standard InChI is InChI=1S/C19H14ClFN2O4S/c1-26-15-9-10(8-12(20)16(15)27-2)7-11-17(24)22-19(28)23(18(11)25)14-6-4-3-5-13(14)21/h3-9H,1-2H3,(H,22,24,28)/b11-7+. The second-order valence-electron chi connectivity index (χ2n) is 5.65. The Morgan fingerprint density at radius 3 is 2.54 bits per heavy atom. The highest BCUT2D eigenvalue weighted by molar-refractivity contribution is 7.80. The van der Waals surface area contributed by atoms with Gasteiger partial charge < -0.3 is 9.47 Å². The Kier molecular flexibility index (Phi) is 5.62. The number of carbonyl (C=O) groups excluding carboxylic acids is 2. The molecular formula is C19H14ClFN2O4S. The van der Waals surface area contributed by atoms with E-state index in [1.165, 1.54) is 44.6 Å². The van der Waals surface area contributed by atoms with Crippen molar-refractivity contribution >= 4 is 52.5 Å². The highest BCUT2D eigenvalue weighted by Crippen LogP contribution is 2.37. The largest absolute Gasteiger partial charge is 0.493 e. The average Bonchev–Trinajstić information content (AvgIpc) is 2.66. The molecule has 0 spiro atoms. The number of anilines is 1. The minimum absolute atomic E-state index is 0.0613. The number of para-hydroxylation sites is 1. The van der Waals surface area contributed by atoms with Crippen LogP contribution in [-0.4, -0.2) is 31.1 Å². The van der Waals surface area contributed by atoms with E-state index in [0.29, 0.717) is 17.1 Å². The Labute approximate surface area is 170 Å². The van der Waals surface area contributed by atoms with Gasteiger partial charge in [0.05, 0.1) is 24.9 Å². The van der Waals surface area contributed by atoms with E-state index < -0.39 is 17.6 Å². The zero-order chi connectivity index (χ0) is 20.4. The number of methoxy groups -OCH3 is 2. The maximum atomic E-state index is 14.2. The molecule has 1 aliphatic rings. The molecule has 6 nitrogen and oxygen atoms in total. The number of hydrogen-bond donors (Lipinski definition) is 1. The highest BCUT2D eigenvalue weighted by atomic mass is 35.5. The summed E-state index contributed by atoms with van der Waals surface area (Å²) in [7, 11) is 2.87. The van der Waals surface area contributed by atoms with Crippen LogP contribution in [0.15, 0.2) is 42.0 Å². The molecule has 0 aliphatic carbocycles. The molecule has 9 heteroatoms. The number of benzene rings is 2. The van der Waals surface area contributed by atoms with Crippen molar-refractivity contribution in [1.82, 2.24) is 5.32 Å². The lowest BCUT2D eigenvalue weighted by Gasteiger charge is -2.29. The minimum atomic E-state index is -0.759. The van der Waals surface area contributed by atoms with Gasteiger partial charge in [-0.25, -0.2) is 9.29 Å². The van der Waals surface area contributed by atoms with Crippen molar-refractivity contribution in [2.75, 3.05) is 19.1 Å². The predicted molar refractivity (Wildman–Crippen MR) is 107 cm³/mol. The van der Waals surface area contributed by atoms with Crippen LogP contribution in [-0.2, 0) is 9.59 Å². The summed E-state index contributed by atoms with van der Waals surface area (Å²) in [6.45, 7) is 0. The second-order valence-corrected chi connectivity index (χ2v) is 6.44. The molecule has 0 atom stereocenters. The van der Waals surface area contributed by atoms with Gasteiger partial charge >= 0.3 is 0 Å². The summed E-state index contributed by atoms with van der Waals surface area (Å²) in [6.07, 6.45) is 1.32. The van der Waals surface area contributed by atoms with E-state index in [4.69, 9.17) is 33.3 Å². The molecule has 0 radical (unpaired) electrons. The van der Waals surface area contributed by atoms with Crippen molar-refractivity contribution in [3.63, 3.8) is 0 Å². The van der Waals surface area contributed by atoms with Gasteiger partial charge in [-0.3, -0.25) is 14.9 Å². The minimum Gasteiger partial charge on any atom is -0.493 e. The van der Waals surface area contributed by atoms with Crippen LogP contribution in [0.3, 0.4) is 0 Å². The molecule has 0 bridgehead atoms. The van der Waals surface area contributed by atoms with Gasteiger partial charge in [-0.15, -0.1) is 0 Å². The monoisotopic (exact) mass is 420 g/mol. The van der Waals surface area contributed by atoms with Crippen molar-refractivity contribution < 1.29 is 23.5 Å². The molecule has 1 N–H and O–H groups in total. The lowest BCUT2D eigenvalue weighted by atomic mass is 10.1. The van der Waals surface area contributed by atoms with Crippen molar-refractivity contribution in [2.45, 2.75) is 0 Å². The number of ether oxygens (including phenoxy) is 2. The first kappa shape index (κ1) is 19.8.